The number of nitrogens with one attached hydrogen (secondary N) is 2. The number of carbonyl (C=O) groups is 1. The van der Waals surface area contributed by atoms with Crippen molar-refractivity contribution < 1.29 is 9.53 Å². The molecular formula is C17H17N3O2. The maximum absolute atomic E-state index is 11.7. The molecule has 0 aliphatic rings. The molecule has 0 heterocycles. The van der Waals surface area contributed by atoms with Crippen LogP contribution in [-0.4, -0.2) is 19.2 Å². The van der Waals surface area contributed by atoms with E-state index < -0.39 is 0 Å². The second kappa shape index (κ2) is 8.32. The fraction of sp³-hybridized carbons (Fsp3) is 0.176. The molecule has 0 aliphatic carbocycles. The summed E-state index contributed by atoms with van der Waals surface area (Å²) in [5.74, 6) is 0.815. The van der Waals surface area contributed by atoms with Crippen LogP contribution in [0.3, 0.4) is 0 Å². The molecule has 0 saturated heterocycles. The first-order valence-corrected chi connectivity index (χ1v) is 7.01. The van der Waals surface area contributed by atoms with Crippen molar-refractivity contribution >= 4 is 11.7 Å². The van der Waals surface area contributed by atoms with Crippen LogP contribution >= 0.6 is 0 Å². The van der Waals surface area contributed by atoms with Gasteiger partial charge in [0, 0.05) is 6.54 Å². The molecule has 2 aromatic rings. The van der Waals surface area contributed by atoms with Crippen molar-refractivity contribution in [3.8, 4) is 11.8 Å². The highest BCUT2D eigenvalue weighted by Crippen LogP contribution is 2.13. The zero-order valence-corrected chi connectivity index (χ0v) is 12.1. The Kier molecular flexibility index (Phi) is 5.82. The van der Waals surface area contributed by atoms with Gasteiger partial charge in [0.05, 0.1) is 17.9 Å². The Hall–Kier alpha value is -3.00. The van der Waals surface area contributed by atoms with Crippen molar-refractivity contribution in [2.24, 2.45) is 0 Å². The number of amides is 2. The molecule has 2 N–H and O–H groups in total. The van der Waals surface area contributed by atoms with Gasteiger partial charge >= 0.3 is 6.03 Å². The molecule has 0 aliphatic heterocycles. The predicted molar refractivity (Wildman–Crippen MR) is 84.7 cm³/mol. The summed E-state index contributed by atoms with van der Waals surface area (Å²) in [6.07, 6.45) is 0.697. The molecule has 0 aromatic heterocycles. The molecule has 2 amide bonds. The first kappa shape index (κ1) is 15.4. The van der Waals surface area contributed by atoms with E-state index in [9.17, 15) is 4.79 Å². The Morgan fingerprint density at radius 3 is 2.59 bits per heavy atom. The number of urea groups is 1. The lowest BCUT2D eigenvalue weighted by Gasteiger charge is -2.09. The lowest BCUT2D eigenvalue weighted by atomic mass is 10.2. The number of nitrogens with zero attached hydrogens (tertiary/aromatic N) is 1. The summed E-state index contributed by atoms with van der Waals surface area (Å²) >= 11 is 0. The van der Waals surface area contributed by atoms with Crippen LogP contribution in [0.25, 0.3) is 0 Å². The molecule has 0 atom stereocenters. The highest BCUT2D eigenvalue weighted by atomic mass is 16.5. The van der Waals surface area contributed by atoms with E-state index >= 15 is 0 Å². The summed E-state index contributed by atoms with van der Waals surface area (Å²) in [6, 6.07) is 18.1. The number of ether oxygens (including phenoxy) is 1. The van der Waals surface area contributed by atoms with E-state index in [1.807, 2.05) is 36.4 Å². The Bertz CT molecular complexity index is 650. The van der Waals surface area contributed by atoms with E-state index in [-0.39, 0.29) is 6.03 Å². The minimum Gasteiger partial charge on any atom is -0.494 e. The number of nitriles is 1. The molecule has 112 valence electrons. The van der Waals surface area contributed by atoms with Crippen LogP contribution in [-0.2, 0) is 0 Å². The summed E-state index contributed by atoms with van der Waals surface area (Å²) < 4.78 is 5.53. The van der Waals surface area contributed by atoms with Crippen molar-refractivity contribution in [1.82, 2.24) is 5.32 Å². The minimum atomic E-state index is -0.331. The smallest absolute Gasteiger partial charge is 0.319 e. The third-order valence-corrected chi connectivity index (χ3v) is 2.91. The van der Waals surface area contributed by atoms with E-state index in [1.54, 1.807) is 24.3 Å². The third kappa shape index (κ3) is 4.84. The van der Waals surface area contributed by atoms with Crippen LogP contribution in [0.5, 0.6) is 5.75 Å². The first-order valence-electron chi connectivity index (χ1n) is 7.01. The largest absolute Gasteiger partial charge is 0.494 e. The van der Waals surface area contributed by atoms with Gasteiger partial charge in [0.1, 0.15) is 11.8 Å². The fourth-order valence-corrected chi connectivity index (χ4v) is 1.84. The van der Waals surface area contributed by atoms with Gasteiger partial charge in [0.15, 0.2) is 0 Å². The molecule has 0 spiro atoms. The number of hydrogen-bond acceptors (Lipinski definition) is 3. The van der Waals surface area contributed by atoms with Gasteiger partial charge in [-0.3, -0.25) is 0 Å². The zero-order chi connectivity index (χ0) is 15.6. The summed E-state index contributed by atoms with van der Waals surface area (Å²) in [4.78, 5) is 11.7. The van der Waals surface area contributed by atoms with Crippen LogP contribution in [0.4, 0.5) is 10.5 Å². The van der Waals surface area contributed by atoms with E-state index in [4.69, 9.17) is 10.00 Å². The van der Waals surface area contributed by atoms with E-state index in [0.717, 1.165) is 5.75 Å². The van der Waals surface area contributed by atoms with Crippen LogP contribution in [0.2, 0.25) is 0 Å². The average Bonchev–Trinajstić information content (AvgIpc) is 2.56. The minimum absolute atomic E-state index is 0.331. The first-order chi connectivity index (χ1) is 10.8. The molecule has 0 unspecified atom stereocenters. The zero-order valence-electron chi connectivity index (χ0n) is 12.1. The molecule has 2 rings (SSSR count). The SMILES string of the molecule is N#Cc1ccccc1NC(=O)NCCCOc1ccccc1. The van der Waals surface area contributed by atoms with Gasteiger partial charge in [-0.25, -0.2) is 4.79 Å². The lowest BCUT2D eigenvalue weighted by Crippen LogP contribution is -2.30. The molecule has 0 saturated carbocycles. The molecule has 22 heavy (non-hydrogen) atoms. The second-order valence-electron chi connectivity index (χ2n) is 4.55. The van der Waals surface area contributed by atoms with Crippen LogP contribution < -0.4 is 15.4 Å². The van der Waals surface area contributed by atoms with Gasteiger partial charge in [-0.2, -0.15) is 5.26 Å². The van der Waals surface area contributed by atoms with Crippen molar-refractivity contribution in [1.29, 1.82) is 5.26 Å². The number of benzene rings is 2. The average molecular weight is 295 g/mol. The fourth-order valence-electron chi connectivity index (χ4n) is 1.84. The Morgan fingerprint density at radius 2 is 1.82 bits per heavy atom. The van der Waals surface area contributed by atoms with Crippen molar-refractivity contribution in [3.63, 3.8) is 0 Å². The number of rotatable bonds is 6. The van der Waals surface area contributed by atoms with Crippen LogP contribution in [0.15, 0.2) is 54.6 Å². The maximum atomic E-state index is 11.7. The normalized spacial score (nSPS) is 9.59. The topological polar surface area (TPSA) is 74.2 Å². The molecule has 0 bridgehead atoms. The Balaban J connectivity index is 1.67. The van der Waals surface area contributed by atoms with Gasteiger partial charge < -0.3 is 15.4 Å². The monoisotopic (exact) mass is 295 g/mol. The molecule has 5 heteroatoms. The van der Waals surface area contributed by atoms with Gasteiger partial charge in [-0.1, -0.05) is 30.3 Å². The molecular weight excluding hydrogens is 278 g/mol. The van der Waals surface area contributed by atoms with E-state index in [1.165, 1.54) is 0 Å². The van der Waals surface area contributed by atoms with E-state index in [2.05, 4.69) is 10.6 Å². The molecule has 0 fully saturated rings. The summed E-state index contributed by atoms with van der Waals surface area (Å²) in [7, 11) is 0. The number of anilines is 1. The van der Waals surface area contributed by atoms with Crippen molar-refractivity contribution in [2.75, 3.05) is 18.5 Å². The number of hydrogen-bond donors (Lipinski definition) is 2. The van der Waals surface area contributed by atoms with Gasteiger partial charge in [-0.15, -0.1) is 0 Å². The van der Waals surface area contributed by atoms with Crippen molar-refractivity contribution in [2.45, 2.75) is 6.42 Å². The van der Waals surface area contributed by atoms with Crippen LogP contribution in [0.1, 0.15) is 12.0 Å². The number of para-hydroxylation sites is 2. The lowest BCUT2D eigenvalue weighted by molar-refractivity contribution is 0.250. The predicted octanol–water partition coefficient (Wildman–Crippen LogP) is 3.15. The Morgan fingerprint density at radius 1 is 1.09 bits per heavy atom. The molecule has 0 radical (unpaired) electrons. The Labute approximate surface area is 129 Å². The number of carbonyl (C=O) groups excluding carboxylic acids is 1. The third-order valence-electron chi connectivity index (χ3n) is 2.91. The highest BCUT2D eigenvalue weighted by molar-refractivity contribution is 5.90. The quantitative estimate of drug-likeness (QED) is 0.804. The summed E-state index contributed by atoms with van der Waals surface area (Å²) in [5.41, 5.74) is 0.938. The summed E-state index contributed by atoms with van der Waals surface area (Å²) in [5, 5.41) is 14.3. The van der Waals surface area contributed by atoms with Gasteiger partial charge in [0.2, 0.25) is 0 Å². The maximum Gasteiger partial charge on any atom is 0.319 e. The van der Waals surface area contributed by atoms with Gasteiger partial charge in [-0.05, 0) is 30.7 Å². The molecule has 5 nitrogen and oxygen atoms in total. The highest BCUT2D eigenvalue weighted by Gasteiger charge is 2.04. The van der Waals surface area contributed by atoms with Crippen molar-refractivity contribution in [3.05, 3.63) is 60.2 Å². The summed E-state index contributed by atoms with van der Waals surface area (Å²) in [6.45, 7) is 1.02. The van der Waals surface area contributed by atoms with Gasteiger partial charge in [0.25, 0.3) is 0 Å². The van der Waals surface area contributed by atoms with Crippen LogP contribution in [0, 0.1) is 11.3 Å². The van der Waals surface area contributed by atoms with E-state index in [0.29, 0.717) is 30.8 Å². The molecule has 2 aromatic carbocycles. The second-order valence-corrected chi connectivity index (χ2v) is 4.55. The standard InChI is InChI=1S/C17H17N3O2/c18-13-14-7-4-5-10-16(14)20-17(21)19-11-6-12-22-15-8-2-1-3-9-15/h1-5,7-10H,6,11-12H2,(H2,19,20,21).